The van der Waals surface area contributed by atoms with E-state index in [4.69, 9.17) is 0 Å². The molecule has 130 valence electrons. The van der Waals surface area contributed by atoms with Crippen LogP contribution >= 0.6 is 0 Å². The van der Waals surface area contributed by atoms with Gasteiger partial charge >= 0.3 is 0 Å². The van der Waals surface area contributed by atoms with E-state index in [0.29, 0.717) is 6.42 Å². The Morgan fingerprint density at radius 2 is 1.54 bits per heavy atom. The van der Waals surface area contributed by atoms with Gasteiger partial charge in [-0.2, -0.15) is 0 Å². The smallest absolute Gasteiger partial charge is 0.224 e. The predicted molar refractivity (Wildman–Crippen MR) is 107 cm³/mol. The summed E-state index contributed by atoms with van der Waals surface area (Å²) >= 11 is 0. The van der Waals surface area contributed by atoms with Gasteiger partial charge in [0.15, 0.2) is 0 Å². The molecule has 0 bridgehead atoms. The first-order valence-corrected chi connectivity index (χ1v) is 9.09. The van der Waals surface area contributed by atoms with Crippen molar-refractivity contribution in [1.82, 2.24) is 0 Å². The summed E-state index contributed by atoms with van der Waals surface area (Å²) in [5.41, 5.74) is 5.72. The minimum absolute atomic E-state index is 0.0498. The van der Waals surface area contributed by atoms with E-state index in [1.807, 2.05) is 36.4 Å². The topological polar surface area (TPSA) is 32.3 Å². The van der Waals surface area contributed by atoms with Crippen LogP contribution < -0.4 is 10.2 Å². The third kappa shape index (κ3) is 3.47. The molecule has 0 aromatic heterocycles. The Morgan fingerprint density at radius 1 is 0.846 bits per heavy atom. The first-order valence-electron chi connectivity index (χ1n) is 9.09. The van der Waals surface area contributed by atoms with E-state index in [1.165, 1.54) is 16.8 Å². The van der Waals surface area contributed by atoms with Gasteiger partial charge in [-0.3, -0.25) is 4.79 Å². The van der Waals surface area contributed by atoms with Crippen molar-refractivity contribution in [1.29, 1.82) is 0 Å². The highest BCUT2D eigenvalue weighted by Crippen LogP contribution is 2.38. The molecule has 0 atom stereocenters. The lowest BCUT2D eigenvalue weighted by molar-refractivity contribution is -0.116. The average molecular weight is 342 g/mol. The van der Waals surface area contributed by atoms with Crippen LogP contribution in [-0.2, 0) is 17.6 Å². The second-order valence-electron chi connectivity index (χ2n) is 6.58. The number of carbonyl (C=O) groups is 1. The van der Waals surface area contributed by atoms with Crippen molar-refractivity contribution < 1.29 is 4.79 Å². The molecular formula is C23H22N2O. The van der Waals surface area contributed by atoms with E-state index >= 15 is 0 Å². The number of carbonyl (C=O) groups excluding carboxylic acids is 1. The van der Waals surface area contributed by atoms with Crippen molar-refractivity contribution >= 4 is 23.0 Å². The maximum atomic E-state index is 12.5. The van der Waals surface area contributed by atoms with E-state index in [9.17, 15) is 4.79 Å². The van der Waals surface area contributed by atoms with E-state index in [2.05, 4.69) is 52.7 Å². The molecule has 0 spiro atoms. The number of aryl methyl sites for hydroxylation is 1. The number of benzene rings is 3. The lowest BCUT2D eigenvalue weighted by atomic mass is 10.1. The number of rotatable bonds is 5. The van der Waals surface area contributed by atoms with Gasteiger partial charge < -0.3 is 10.2 Å². The van der Waals surface area contributed by atoms with E-state index in [-0.39, 0.29) is 5.91 Å². The number of anilines is 3. The lowest BCUT2D eigenvalue weighted by Crippen LogP contribution is -2.18. The Bertz CT molecular complexity index is 905. The molecule has 0 unspecified atom stereocenters. The summed E-state index contributed by atoms with van der Waals surface area (Å²) in [5.74, 6) is 0.0498. The fourth-order valence-corrected chi connectivity index (χ4v) is 3.52. The Balaban J connectivity index is 1.49. The summed E-state index contributed by atoms with van der Waals surface area (Å²) in [6.45, 7) is 0.941. The van der Waals surface area contributed by atoms with E-state index in [1.54, 1.807) is 0 Å². The van der Waals surface area contributed by atoms with Crippen molar-refractivity contribution in [3.8, 4) is 0 Å². The highest BCUT2D eigenvalue weighted by atomic mass is 16.1. The first kappa shape index (κ1) is 16.4. The highest BCUT2D eigenvalue weighted by molar-refractivity contribution is 5.95. The third-order valence-corrected chi connectivity index (χ3v) is 4.84. The van der Waals surface area contributed by atoms with E-state index < -0.39 is 0 Å². The van der Waals surface area contributed by atoms with Crippen LogP contribution in [0.25, 0.3) is 0 Å². The van der Waals surface area contributed by atoms with Crippen LogP contribution in [0.1, 0.15) is 17.5 Å². The van der Waals surface area contributed by atoms with Crippen LogP contribution in [0.15, 0.2) is 78.9 Å². The fourth-order valence-electron chi connectivity index (χ4n) is 3.52. The van der Waals surface area contributed by atoms with Crippen molar-refractivity contribution in [2.75, 3.05) is 16.8 Å². The van der Waals surface area contributed by atoms with Gasteiger partial charge in [0.25, 0.3) is 0 Å². The summed E-state index contributed by atoms with van der Waals surface area (Å²) in [6, 6.07) is 26.7. The predicted octanol–water partition coefficient (Wildman–Crippen LogP) is 4.95. The average Bonchev–Trinajstić information content (AvgIpc) is 3.12. The Hall–Kier alpha value is -3.07. The van der Waals surface area contributed by atoms with Gasteiger partial charge in [0.2, 0.25) is 5.91 Å². The summed E-state index contributed by atoms with van der Waals surface area (Å²) in [5, 5.41) is 3.11. The maximum absolute atomic E-state index is 12.5. The largest absolute Gasteiger partial charge is 0.339 e. The molecule has 1 aliphatic rings. The molecule has 3 aromatic rings. The summed E-state index contributed by atoms with van der Waals surface area (Å²) < 4.78 is 0. The van der Waals surface area contributed by atoms with Gasteiger partial charge in [-0.25, -0.2) is 0 Å². The molecule has 0 saturated heterocycles. The van der Waals surface area contributed by atoms with Crippen LogP contribution in [0.3, 0.4) is 0 Å². The highest BCUT2D eigenvalue weighted by Gasteiger charge is 2.22. The number of amides is 1. The third-order valence-electron chi connectivity index (χ3n) is 4.84. The quantitative estimate of drug-likeness (QED) is 0.711. The number of nitrogens with one attached hydrogen (secondary N) is 1. The van der Waals surface area contributed by atoms with Gasteiger partial charge in [-0.15, -0.1) is 0 Å². The summed E-state index contributed by atoms with van der Waals surface area (Å²) in [7, 11) is 0. The van der Waals surface area contributed by atoms with Crippen LogP contribution in [0, 0.1) is 0 Å². The van der Waals surface area contributed by atoms with Gasteiger partial charge in [-0.05, 0) is 42.2 Å². The Labute approximate surface area is 154 Å². The zero-order valence-corrected chi connectivity index (χ0v) is 14.7. The van der Waals surface area contributed by atoms with Gasteiger partial charge in [0.1, 0.15) is 0 Å². The molecule has 3 aromatic carbocycles. The molecule has 0 fully saturated rings. The molecule has 0 radical (unpaired) electrons. The van der Waals surface area contributed by atoms with Crippen LogP contribution in [0.5, 0.6) is 0 Å². The summed E-state index contributed by atoms with van der Waals surface area (Å²) in [4.78, 5) is 14.8. The number of hydrogen-bond donors (Lipinski definition) is 1. The monoisotopic (exact) mass is 342 g/mol. The zero-order chi connectivity index (χ0) is 17.8. The molecule has 4 rings (SSSR count). The van der Waals surface area contributed by atoms with Crippen molar-refractivity contribution in [2.24, 2.45) is 0 Å². The molecule has 3 nitrogen and oxygen atoms in total. The Kier molecular flexibility index (Phi) is 4.69. The Morgan fingerprint density at radius 3 is 2.38 bits per heavy atom. The molecule has 3 heteroatoms. The van der Waals surface area contributed by atoms with Crippen LogP contribution in [0.2, 0.25) is 0 Å². The summed E-state index contributed by atoms with van der Waals surface area (Å²) in [6.07, 6.45) is 2.27. The standard InChI is InChI=1S/C23H22N2O/c26-23(15-14-18-8-2-1-3-9-18)24-20-11-5-7-13-22(20)25-17-16-19-10-4-6-12-21(19)25/h1-13H,14-17H2,(H,24,26). The zero-order valence-electron chi connectivity index (χ0n) is 14.7. The molecule has 26 heavy (non-hydrogen) atoms. The first-order chi connectivity index (χ1) is 12.8. The van der Waals surface area contributed by atoms with Crippen LogP contribution in [-0.4, -0.2) is 12.5 Å². The SMILES string of the molecule is O=C(CCc1ccccc1)Nc1ccccc1N1CCc2ccccc21. The molecule has 0 aliphatic carbocycles. The van der Waals surface area contributed by atoms with Crippen molar-refractivity contribution in [3.05, 3.63) is 90.0 Å². The number of nitrogens with zero attached hydrogens (tertiary/aromatic N) is 1. The van der Waals surface area contributed by atoms with Crippen LogP contribution in [0.4, 0.5) is 17.1 Å². The fraction of sp³-hybridized carbons (Fsp3) is 0.174. The second-order valence-corrected chi connectivity index (χ2v) is 6.58. The minimum Gasteiger partial charge on any atom is -0.339 e. The minimum atomic E-state index is 0.0498. The molecule has 1 amide bonds. The molecule has 1 N–H and O–H groups in total. The number of fused-ring (bicyclic) bond motifs is 1. The lowest BCUT2D eigenvalue weighted by Gasteiger charge is -2.23. The second kappa shape index (κ2) is 7.44. The van der Waals surface area contributed by atoms with Crippen molar-refractivity contribution in [3.63, 3.8) is 0 Å². The number of para-hydroxylation sites is 3. The molecular weight excluding hydrogens is 320 g/mol. The van der Waals surface area contributed by atoms with Crippen molar-refractivity contribution in [2.45, 2.75) is 19.3 Å². The molecule has 1 aliphatic heterocycles. The van der Waals surface area contributed by atoms with E-state index in [0.717, 1.165) is 30.8 Å². The van der Waals surface area contributed by atoms with Gasteiger partial charge in [0.05, 0.1) is 11.4 Å². The number of hydrogen-bond acceptors (Lipinski definition) is 2. The molecule has 1 heterocycles. The van der Waals surface area contributed by atoms with Gasteiger partial charge in [0, 0.05) is 18.7 Å². The molecule has 0 saturated carbocycles. The van der Waals surface area contributed by atoms with Gasteiger partial charge in [-0.1, -0.05) is 60.7 Å². The normalized spacial score (nSPS) is 12.7. The maximum Gasteiger partial charge on any atom is 0.224 e.